The fourth-order valence-electron chi connectivity index (χ4n) is 1.97. The molecular formula is C14H18N2O2. The largest absolute Gasteiger partial charge is 0.481 e. The van der Waals surface area contributed by atoms with E-state index in [0.717, 1.165) is 23.6 Å². The highest BCUT2D eigenvalue weighted by molar-refractivity contribution is 5.34. The van der Waals surface area contributed by atoms with Crippen LogP contribution >= 0.6 is 0 Å². The summed E-state index contributed by atoms with van der Waals surface area (Å²) in [5.41, 5.74) is 0.983. The molecule has 0 bridgehead atoms. The quantitative estimate of drug-likeness (QED) is 0.881. The predicted octanol–water partition coefficient (Wildman–Crippen LogP) is 2.69. The number of aromatic nitrogens is 1. The van der Waals surface area contributed by atoms with Crippen LogP contribution in [0, 0.1) is 6.92 Å². The molecule has 1 N–H and O–H groups in total. The van der Waals surface area contributed by atoms with Crippen LogP contribution in [0.15, 0.2) is 34.9 Å². The predicted molar refractivity (Wildman–Crippen MR) is 69.8 cm³/mol. The van der Waals surface area contributed by atoms with Gasteiger partial charge in [0.2, 0.25) is 5.88 Å². The van der Waals surface area contributed by atoms with Crippen molar-refractivity contribution in [3.63, 3.8) is 0 Å². The zero-order valence-corrected chi connectivity index (χ0v) is 10.9. The summed E-state index contributed by atoms with van der Waals surface area (Å²) in [6, 6.07) is 7.81. The Morgan fingerprint density at radius 2 is 2.22 bits per heavy atom. The van der Waals surface area contributed by atoms with E-state index in [1.165, 1.54) is 0 Å². The Labute approximate surface area is 107 Å². The maximum absolute atomic E-state index is 5.71. The Morgan fingerprint density at radius 3 is 2.83 bits per heavy atom. The number of pyridine rings is 1. The van der Waals surface area contributed by atoms with E-state index in [0.29, 0.717) is 5.88 Å². The van der Waals surface area contributed by atoms with Gasteiger partial charge < -0.3 is 14.5 Å². The molecule has 0 aliphatic carbocycles. The fraction of sp³-hybridized carbons (Fsp3) is 0.357. The van der Waals surface area contributed by atoms with Gasteiger partial charge in [-0.1, -0.05) is 13.0 Å². The van der Waals surface area contributed by atoms with E-state index >= 15 is 0 Å². The van der Waals surface area contributed by atoms with Gasteiger partial charge in [0.15, 0.2) is 0 Å². The van der Waals surface area contributed by atoms with Crippen molar-refractivity contribution in [3.05, 3.63) is 47.5 Å². The Bertz CT molecular complexity index is 508. The summed E-state index contributed by atoms with van der Waals surface area (Å²) in [7, 11) is 1.63. The third kappa shape index (κ3) is 2.54. The monoisotopic (exact) mass is 246 g/mol. The number of methoxy groups -OCH3 is 1. The van der Waals surface area contributed by atoms with Crippen LogP contribution < -0.4 is 10.1 Å². The lowest BCUT2D eigenvalue weighted by atomic mass is 10.1. The lowest BCUT2D eigenvalue weighted by Gasteiger charge is -2.17. The standard InChI is InChI=1S/C14H18N2O2/c1-4-15-13(12-8-7-10(2)18-12)11-6-5-9-16-14(11)17-3/h5-9,13,15H,4H2,1-3H3. The first-order chi connectivity index (χ1) is 8.76. The Kier molecular flexibility index (Phi) is 3.99. The number of rotatable bonds is 5. The second-order valence-electron chi connectivity index (χ2n) is 4.04. The van der Waals surface area contributed by atoms with Gasteiger partial charge in [0.1, 0.15) is 11.5 Å². The number of hydrogen-bond acceptors (Lipinski definition) is 4. The van der Waals surface area contributed by atoms with Gasteiger partial charge in [-0.3, -0.25) is 0 Å². The van der Waals surface area contributed by atoms with Crippen molar-refractivity contribution in [1.82, 2.24) is 10.3 Å². The number of nitrogens with one attached hydrogen (secondary N) is 1. The topological polar surface area (TPSA) is 47.3 Å². The molecule has 0 aromatic carbocycles. The van der Waals surface area contributed by atoms with Gasteiger partial charge in [0.25, 0.3) is 0 Å². The van der Waals surface area contributed by atoms with Crippen molar-refractivity contribution in [2.24, 2.45) is 0 Å². The van der Waals surface area contributed by atoms with Crippen molar-refractivity contribution in [2.45, 2.75) is 19.9 Å². The molecule has 1 atom stereocenters. The molecule has 0 amide bonds. The molecule has 1 unspecified atom stereocenters. The van der Waals surface area contributed by atoms with Crippen molar-refractivity contribution >= 4 is 0 Å². The molecule has 4 nitrogen and oxygen atoms in total. The first kappa shape index (κ1) is 12.6. The molecule has 0 aliphatic rings. The highest BCUT2D eigenvalue weighted by Crippen LogP contribution is 2.29. The van der Waals surface area contributed by atoms with Crippen LogP contribution in [0.25, 0.3) is 0 Å². The van der Waals surface area contributed by atoms with Gasteiger partial charge in [-0.2, -0.15) is 0 Å². The van der Waals surface area contributed by atoms with Gasteiger partial charge >= 0.3 is 0 Å². The first-order valence-corrected chi connectivity index (χ1v) is 6.05. The molecule has 0 fully saturated rings. The summed E-state index contributed by atoms with van der Waals surface area (Å²) < 4.78 is 11.0. The van der Waals surface area contributed by atoms with Crippen LogP contribution in [-0.4, -0.2) is 18.6 Å². The number of furan rings is 1. The minimum atomic E-state index is -0.0349. The molecule has 0 radical (unpaired) electrons. The van der Waals surface area contributed by atoms with Crippen LogP contribution in [0.5, 0.6) is 5.88 Å². The van der Waals surface area contributed by atoms with E-state index in [9.17, 15) is 0 Å². The van der Waals surface area contributed by atoms with Crippen molar-refractivity contribution < 1.29 is 9.15 Å². The Hall–Kier alpha value is -1.81. The molecule has 4 heteroatoms. The highest BCUT2D eigenvalue weighted by atomic mass is 16.5. The van der Waals surface area contributed by atoms with Crippen LogP contribution in [0.2, 0.25) is 0 Å². The maximum atomic E-state index is 5.71. The van der Waals surface area contributed by atoms with E-state index in [4.69, 9.17) is 9.15 Å². The molecule has 18 heavy (non-hydrogen) atoms. The molecular weight excluding hydrogens is 228 g/mol. The van der Waals surface area contributed by atoms with Crippen LogP contribution in [0.3, 0.4) is 0 Å². The fourth-order valence-corrected chi connectivity index (χ4v) is 1.97. The average Bonchev–Trinajstić information content (AvgIpc) is 2.82. The number of hydrogen-bond donors (Lipinski definition) is 1. The Morgan fingerprint density at radius 1 is 1.39 bits per heavy atom. The average molecular weight is 246 g/mol. The minimum Gasteiger partial charge on any atom is -0.481 e. The first-order valence-electron chi connectivity index (χ1n) is 6.05. The third-order valence-corrected chi connectivity index (χ3v) is 2.76. The summed E-state index contributed by atoms with van der Waals surface area (Å²) in [5, 5.41) is 3.39. The van der Waals surface area contributed by atoms with Gasteiger partial charge in [-0.05, 0) is 31.7 Å². The normalized spacial score (nSPS) is 12.4. The molecule has 2 heterocycles. The van der Waals surface area contributed by atoms with Crippen LogP contribution in [0.4, 0.5) is 0 Å². The molecule has 0 saturated heterocycles. The molecule has 0 spiro atoms. The lowest BCUT2D eigenvalue weighted by Crippen LogP contribution is -2.22. The van der Waals surface area contributed by atoms with E-state index in [2.05, 4.69) is 17.2 Å². The molecule has 2 rings (SSSR count). The summed E-state index contributed by atoms with van der Waals surface area (Å²) in [5.74, 6) is 2.40. The number of nitrogens with zero attached hydrogens (tertiary/aromatic N) is 1. The SMILES string of the molecule is CCNC(c1ccc(C)o1)c1cccnc1OC. The summed E-state index contributed by atoms with van der Waals surface area (Å²) >= 11 is 0. The molecule has 0 saturated carbocycles. The van der Waals surface area contributed by atoms with E-state index in [1.807, 2.05) is 31.2 Å². The highest BCUT2D eigenvalue weighted by Gasteiger charge is 2.20. The second-order valence-corrected chi connectivity index (χ2v) is 4.04. The number of ether oxygens (including phenoxy) is 1. The Balaban J connectivity index is 2.41. The van der Waals surface area contributed by atoms with Crippen LogP contribution in [0.1, 0.15) is 30.0 Å². The summed E-state index contributed by atoms with van der Waals surface area (Å²) in [4.78, 5) is 4.23. The van der Waals surface area contributed by atoms with Gasteiger partial charge in [-0.25, -0.2) is 4.98 Å². The van der Waals surface area contributed by atoms with Crippen molar-refractivity contribution in [1.29, 1.82) is 0 Å². The van der Waals surface area contributed by atoms with Crippen LogP contribution in [-0.2, 0) is 0 Å². The molecule has 96 valence electrons. The van der Waals surface area contributed by atoms with Gasteiger partial charge in [-0.15, -0.1) is 0 Å². The van der Waals surface area contributed by atoms with E-state index in [-0.39, 0.29) is 6.04 Å². The van der Waals surface area contributed by atoms with Crippen molar-refractivity contribution in [3.8, 4) is 5.88 Å². The van der Waals surface area contributed by atoms with E-state index < -0.39 is 0 Å². The zero-order valence-electron chi connectivity index (χ0n) is 10.9. The van der Waals surface area contributed by atoms with E-state index in [1.54, 1.807) is 13.3 Å². The maximum Gasteiger partial charge on any atom is 0.218 e. The summed E-state index contributed by atoms with van der Waals surface area (Å²) in [6.07, 6.45) is 1.72. The van der Waals surface area contributed by atoms with Gasteiger partial charge in [0, 0.05) is 11.8 Å². The molecule has 0 aliphatic heterocycles. The molecule has 2 aromatic heterocycles. The zero-order chi connectivity index (χ0) is 13.0. The smallest absolute Gasteiger partial charge is 0.218 e. The van der Waals surface area contributed by atoms with Gasteiger partial charge in [0.05, 0.1) is 13.2 Å². The molecule has 2 aromatic rings. The third-order valence-electron chi connectivity index (χ3n) is 2.76. The lowest BCUT2D eigenvalue weighted by molar-refractivity contribution is 0.377. The minimum absolute atomic E-state index is 0.0349. The number of aryl methyl sites for hydroxylation is 1. The second kappa shape index (κ2) is 5.69. The van der Waals surface area contributed by atoms with Crippen molar-refractivity contribution in [2.75, 3.05) is 13.7 Å². The summed E-state index contributed by atoms with van der Waals surface area (Å²) in [6.45, 7) is 4.83.